The lowest BCUT2D eigenvalue weighted by atomic mass is 9.96. The second kappa shape index (κ2) is 6.47. The maximum Gasteiger partial charge on any atom is 0.157 e. The van der Waals surface area contributed by atoms with Gasteiger partial charge in [0.2, 0.25) is 0 Å². The van der Waals surface area contributed by atoms with E-state index in [0.717, 1.165) is 5.56 Å². The van der Waals surface area contributed by atoms with Crippen molar-refractivity contribution in [3.63, 3.8) is 0 Å². The molecular formula is C15H20O3. The van der Waals surface area contributed by atoms with Crippen LogP contribution in [0.2, 0.25) is 0 Å². The third-order valence-electron chi connectivity index (χ3n) is 2.88. The molecule has 1 N–H and O–H groups in total. The summed E-state index contributed by atoms with van der Waals surface area (Å²) >= 11 is 0. The number of hydrogen-bond donors (Lipinski definition) is 1. The molecule has 0 saturated carbocycles. The van der Waals surface area contributed by atoms with Gasteiger partial charge in [0.25, 0.3) is 0 Å². The van der Waals surface area contributed by atoms with E-state index in [4.69, 9.17) is 4.74 Å². The van der Waals surface area contributed by atoms with Gasteiger partial charge in [-0.3, -0.25) is 4.79 Å². The van der Waals surface area contributed by atoms with Crippen LogP contribution in [0.5, 0.6) is 0 Å². The van der Waals surface area contributed by atoms with Crippen molar-refractivity contribution in [1.82, 2.24) is 0 Å². The molecule has 1 aromatic carbocycles. The van der Waals surface area contributed by atoms with Crippen molar-refractivity contribution in [1.29, 1.82) is 0 Å². The molecule has 0 aromatic heterocycles. The molecular weight excluding hydrogens is 228 g/mol. The number of allylic oxidation sites excluding steroid dienone is 1. The number of ether oxygens (including phenoxy) is 1. The fourth-order valence-corrected chi connectivity index (χ4v) is 1.46. The molecule has 1 rings (SSSR count). The molecule has 0 unspecified atom stereocenters. The van der Waals surface area contributed by atoms with Crippen LogP contribution in [0.25, 0.3) is 0 Å². The van der Waals surface area contributed by atoms with Gasteiger partial charge in [-0.2, -0.15) is 0 Å². The Hall–Kier alpha value is -1.45. The zero-order chi connectivity index (χ0) is 13.6. The molecule has 3 heteroatoms. The molecule has 3 nitrogen and oxygen atoms in total. The zero-order valence-electron chi connectivity index (χ0n) is 10.9. The van der Waals surface area contributed by atoms with Crippen LogP contribution in [0.3, 0.4) is 0 Å². The van der Waals surface area contributed by atoms with Crippen molar-refractivity contribution in [3.8, 4) is 0 Å². The van der Waals surface area contributed by atoms with E-state index in [2.05, 4.69) is 6.58 Å². The Balaban J connectivity index is 2.53. The fourth-order valence-electron chi connectivity index (χ4n) is 1.46. The van der Waals surface area contributed by atoms with Gasteiger partial charge >= 0.3 is 0 Å². The van der Waals surface area contributed by atoms with Crippen LogP contribution < -0.4 is 0 Å². The first-order valence-electron chi connectivity index (χ1n) is 5.97. The van der Waals surface area contributed by atoms with Gasteiger partial charge in [-0.15, -0.1) is 0 Å². The van der Waals surface area contributed by atoms with Crippen molar-refractivity contribution in [2.75, 3.05) is 0 Å². The predicted octanol–water partition coefficient (Wildman–Crippen LogP) is 2.49. The molecule has 0 aliphatic rings. The first kappa shape index (κ1) is 14.6. The van der Waals surface area contributed by atoms with Gasteiger partial charge in [0.15, 0.2) is 5.78 Å². The zero-order valence-corrected chi connectivity index (χ0v) is 10.9. The van der Waals surface area contributed by atoms with E-state index in [0.29, 0.717) is 6.61 Å². The lowest BCUT2D eigenvalue weighted by Gasteiger charge is -2.30. The summed E-state index contributed by atoms with van der Waals surface area (Å²) in [7, 11) is 0. The lowest BCUT2D eigenvalue weighted by molar-refractivity contribution is -0.130. The minimum atomic E-state index is -0.841. The van der Waals surface area contributed by atoms with Crippen molar-refractivity contribution in [2.45, 2.75) is 38.6 Å². The van der Waals surface area contributed by atoms with Crippen LogP contribution in [0.4, 0.5) is 0 Å². The Kier molecular flexibility index (Phi) is 5.25. The normalized spacial score (nSPS) is 13.1. The third kappa shape index (κ3) is 4.43. The molecule has 0 radical (unpaired) electrons. The van der Waals surface area contributed by atoms with Crippen molar-refractivity contribution in [2.24, 2.45) is 0 Å². The highest BCUT2D eigenvalue weighted by Crippen LogP contribution is 2.20. The van der Waals surface area contributed by atoms with Gasteiger partial charge in [-0.05, 0) is 25.5 Å². The Bertz CT molecular complexity index is 395. The maximum atomic E-state index is 11.2. The Labute approximate surface area is 108 Å². The number of ketones is 1. The summed E-state index contributed by atoms with van der Waals surface area (Å²) in [4.78, 5) is 11.2. The van der Waals surface area contributed by atoms with Gasteiger partial charge in [-0.25, -0.2) is 0 Å². The molecule has 1 aromatic rings. The topological polar surface area (TPSA) is 46.5 Å². The highest BCUT2D eigenvalue weighted by atomic mass is 16.5. The van der Waals surface area contributed by atoms with Gasteiger partial charge in [0.1, 0.15) is 0 Å². The van der Waals surface area contributed by atoms with Crippen molar-refractivity contribution >= 4 is 5.78 Å². The van der Waals surface area contributed by atoms with Gasteiger partial charge in [0, 0.05) is 6.42 Å². The quantitative estimate of drug-likeness (QED) is 0.754. The van der Waals surface area contributed by atoms with Crippen molar-refractivity contribution < 1.29 is 14.6 Å². The highest BCUT2D eigenvalue weighted by molar-refractivity contribution is 5.89. The van der Waals surface area contributed by atoms with Crippen LogP contribution in [0.15, 0.2) is 43.0 Å². The second-order valence-corrected chi connectivity index (χ2v) is 4.77. The first-order chi connectivity index (χ1) is 8.45. The first-order valence-corrected chi connectivity index (χ1v) is 5.97. The monoisotopic (exact) mass is 248 g/mol. The van der Waals surface area contributed by atoms with Crippen LogP contribution in [0.1, 0.15) is 25.8 Å². The van der Waals surface area contributed by atoms with Crippen LogP contribution in [0, 0.1) is 0 Å². The Morgan fingerprint density at radius 1 is 1.44 bits per heavy atom. The molecule has 0 heterocycles. The maximum absolute atomic E-state index is 11.2. The number of rotatable bonds is 7. The summed E-state index contributed by atoms with van der Waals surface area (Å²) in [5.41, 5.74) is 0.266. The number of hydrogen-bond acceptors (Lipinski definition) is 3. The molecule has 0 spiro atoms. The molecule has 0 amide bonds. The number of carbonyl (C=O) groups is 1. The minimum Gasteiger partial charge on any atom is -0.390 e. The molecule has 0 bridgehead atoms. The van der Waals surface area contributed by atoms with E-state index in [1.54, 1.807) is 13.8 Å². The Morgan fingerprint density at radius 3 is 2.61 bits per heavy atom. The molecule has 1 atom stereocenters. The van der Waals surface area contributed by atoms with Crippen LogP contribution in [-0.4, -0.2) is 22.6 Å². The van der Waals surface area contributed by atoms with E-state index < -0.39 is 11.7 Å². The summed E-state index contributed by atoms with van der Waals surface area (Å²) in [6.07, 6.45) is 0.411. The second-order valence-electron chi connectivity index (χ2n) is 4.77. The number of aliphatic hydroxyl groups is 1. The number of benzene rings is 1. The fraction of sp³-hybridized carbons (Fsp3) is 0.400. The predicted molar refractivity (Wildman–Crippen MR) is 71.1 cm³/mol. The van der Waals surface area contributed by atoms with E-state index in [-0.39, 0.29) is 12.2 Å². The summed E-state index contributed by atoms with van der Waals surface area (Å²) in [6.45, 7) is 7.35. The number of carbonyl (C=O) groups excluding carboxylic acids is 1. The largest absolute Gasteiger partial charge is 0.390 e. The highest BCUT2D eigenvalue weighted by Gasteiger charge is 2.29. The Morgan fingerprint density at radius 2 is 2.06 bits per heavy atom. The van der Waals surface area contributed by atoms with Crippen molar-refractivity contribution in [3.05, 3.63) is 48.6 Å². The minimum absolute atomic E-state index is 0.0330. The summed E-state index contributed by atoms with van der Waals surface area (Å²) < 4.78 is 5.69. The molecule has 18 heavy (non-hydrogen) atoms. The summed E-state index contributed by atoms with van der Waals surface area (Å²) in [6, 6.07) is 9.72. The summed E-state index contributed by atoms with van der Waals surface area (Å²) in [5.74, 6) is -0.182. The summed E-state index contributed by atoms with van der Waals surface area (Å²) in [5, 5.41) is 9.96. The van der Waals surface area contributed by atoms with Gasteiger partial charge < -0.3 is 9.84 Å². The lowest BCUT2D eigenvalue weighted by Crippen LogP contribution is -2.40. The van der Waals surface area contributed by atoms with E-state index in [1.807, 2.05) is 30.3 Å². The average molecular weight is 248 g/mol. The number of aliphatic hydroxyl groups excluding tert-OH is 1. The molecule has 0 aliphatic heterocycles. The standard InChI is InChI=1S/C15H20O3/c1-4-13(16)10-14(17)15(2,3)18-11-12-8-6-5-7-9-12/h4-9,14,17H,1,10-11H2,2-3H3/t14-/m1/s1. The SMILES string of the molecule is C=CC(=O)C[C@@H](O)C(C)(C)OCc1ccccc1. The van der Waals surface area contributed by atoms with E-state index in [1.165, 1.54) is 6.08 Å². The van der Waals surface area contributed by atoms with E-state index in [9.17, 15) is 9.90 Å². The molecule has 98 valence electrons. The molecule has 0 aliphatic carbocycles. The van der Waals surface area contributed by atoms with E-state index >= 15 is 0 Å². The van der Waals surface area contributed by atoms with Crippen LogP contribution >= 0.6 is 0 Å². The molecule has 0 saturated heterocycles. The average Bonchev–Trinajstić information content (AvgIpc) is 2.37. The smallest absolute Gasteiger partial charge is 0.157 e. The third-order valence-corrected chi connectivity index (χ3v) is 2.88. The van der Waals surface area contributed by atoms with Gasteiger partial charge in [0.05, 0.1) is 18.3 Å². The molecule has 0 fully saturated rings. The van der Waals surface area contributed by atoms with Gasteiger partial charge in [-0.1, -0.05) is 36.9 Å². The van der Waals surface area contributed by atoms with Crippen LogP contribution in [-0.2, 0) is 16.1 Å².